The van der Waals surface area contributed by atoms with Gasteiger partial charge in [-0.3, -0.25) is 4.79 Å². The number of fused-ring (bicyclic) bond motifs is 2. The number of alkyl halides is 3. The fourth-order valence-electron chi connectivity index (χ4n) is 4.20. The molecule has 5 nitrogen and oxygen atoms in total. The van der Waals surface area contributed by atoms with Gasteiger partial charge < -0.3 is 10.2 Å². The Hall–Kier alpha value is -3.46. The zero-order valence-corrected chi connectivity index (χ0v) is 18.4. The first-order valence-electron chi connectivity index (χ1n) is 10.4. The van der Waals surface area contributed by atoms with Crippen LogP contribution in [0.5, 0.6) is 0 Å². The lowest BCUT2D eigenvalue weighted by atomic mass is 9.99. The van der Waals surface area contributed by atoms with Crippen molar-refractivity contribution in [1.82, 2.24) is 9.97 Å². The van der Waals surface area contributed by atoms with Crippen LogP contribution in [0.15, 0.2) is 54.9 Å². The van der Waals surface area contributed by atoms with E-state index < -0.39 is 17.6 Å². The topological polar surface area (TPSA) is 58.1 Å². The van der Waals surface area contributed by atoms with E-state index in [4.69, 9.17) is 0 Å². The van der Waals surface area contributed by atoms with E-state index in [2.05, 4.69) is 32.3 Å². The number of anilines is 2. The summed E-state index contributed by atoms with van der Waals surface area (Å²) in [7, 11) is 0. The van der Waals surface area contributed by atoms with Crippen LogP contribution in [0.1, 0.15) is 31.9 Å². The van der Waals surface area contributed by atoms with Crippen LogP contribution in [0, 0.1) is 6.92 Å². The molecule has 0 bridgehead atoms. The molecule has 2 aromatic carbocycles. The third-order valence-electron chi connectivity index (χ3n) is 5.82. The van der Waals surface area contributed by atoms with Crippen molar-refractivity contribution in [2.45, 2.75) is 26.1 Å². The third-order valence-corrected chi connectivity index (χ3v) is 7.02. The minimum Gasteiger partial charge on any atom is -0.351 e. The van der Waals surface area contributed by atoms with Gasteiger partial charge in [-0.2, -0.15) is 13.2 Å². The Balaban J connectivity index is 1.50. The van der Waals surface area contributed by atoms with Gasteiger partial charge in [0.05, 0.1) is 21.5 Å². The van der Waals surface area contributed by atoms with E-state index in [9.17, 15) is 18.0 Å². The van der Waals surface area contributed by atoms with Gasteiger partial charge >= 0.3 is 6.18 Å². The highest BCUT2D eigenvalue weighted by Gasteiger charge is 2.34. The fourth-order valence-corrected chi connectivity index (χ4v) is 5.24. The number of aryl methyl sites for hydroxylation is 1. The van der Waals surface area contributed by atoms with E-state index in [1.54, 1.807) is 6.92 Å². The number of rotatable bonds is 3. The second-order valence-corrected chi connectivity index (χ2v) is 8.87. The molecule has 168 valence electrons. The van der Waals surface area contributed by atoms with Gasteiger partial charge in [-0.25, -0.2) is 9.97 Å². The van der Waals surface area contributed by atoms with Crippen LogP contribution in [0.3, 0.4) is 0 Å². The summed E-state index contributed by atoms with van der Waals surface area (Å²) >= 11 is 1.16. The quantitative estimate of drug-likeness (QED) is 0.411. The zero-order chi connectivity index (χ0) is 23.2. The molecule has 2 aromatic heterocycles. The molecule has 3 heterocycles. The molecule has 9 heteroatoms. The number of thiophene rings is 1. The van der Waals surface area contributed by atoms with E-state index in [1.807, 2.05) is 12.1 Å². The molecule has 0 atom stereocenters. The average molecular weight is 469 g/mol. The van der Waals surface area contributed by atoms with E-state index in [0.717, 1.165) is 41.6 Å². The molecule has 0 saturated carbocycles. The van der Waals surface area contributed by atoms with Gasteiger partial charge in [0.1, 0.15) is 17.0 Å². The van der Waals surface area contributed by atoms with Crippen LogP contribution in [0.4, 0.5) is 24.7 Å². The summed E-state index contributed by atoms with van der Waals surface area (Å²) in [5.74, 6) is 0.139. The summed E-state index contributed by atoms with van der Waals surface area (Å²) in [5.41, 5.74) is 2.04. The van der Waals surface area contributed by atoms with Gasteiger partial charge in [0.2, 0.25) is 0 Å². The van der Waals surface area contributed by atoms with Crippen LogP contribution in [0.25, 0.3) is 10.2 Å². The Morgan fingerprint density at radius 1 is 1.06 bits per heavy atom. The number of nitrogens with zero attached hydrogens (tertiary/aromatic N) is 3. The molecule has 0 aliphatic carbocycles. The molecule has 0 fully saturated rings. The van der Waals surface area contributed by atoms with Crippen LogP contribution < -0.4 is 10.2 Å². The summed E-state index contributed by atoms with van der Waals surface area (Å²) in [5, 5.41) is 3.20. The van der Waals surface area contributed by atoms with E-state index in [1.165, 1.54) is 35.7 Å². The first-order chi connectivity index (χ1) is 15.8. The van der Waals surface area contributed by atoms with Gasteiger partial charge in [-0.1, -0.05) is 36.4 Å². The maximum absolute atomic E-state index is 13.3. The lowest BCUT2D eigenvalue weighted by Crippen LogP contribution is -2.31. The number of hydrogen-bond donors (Lipinski definition) is 1. The van der Waals surface area contributed by atoms with Crippen molar-refractivity contribution >= 4 is 39.0 Å². The highest BCUT2D eigenvalue weighted by molar-refractivity contribution is 7.20. The Morgan fingerprint density at radius 2 is 1.79 bits per heavy atom. The molecule has 0 saturated heterocycles. The number of halogens is 3. The summed E-state index contributed by atoms with van der Waals surface area (Å²) < 4.78 is 40.0. The minimum absolute atomic E-state index is 0.272. The Labute approximate surface area is 191 Å². The number of aromatic nitrogens is 2. The van der Waals surface area contributed by atoms with Gasteiger partial charge in [0.15, 0.2) is 0 Å². The lowest BCUT2D eigenvalue weighted by Gasteiger charge is -2.30. The highest BCUT2D eigenvalue weighted by Crippen LogP contribution is 2.38. The van der Waals surface area contributed by atoms with Crippen molar-refractivity contribution in [1.29, 1.82) is 0 Å². The minimum atomic E-state index is -4.57. The fraction of sp³-hybridized carbons (Fsp3) is 0.208. The van der Waals surface area contributed by atoms with Crippen molar-refractivity contribution in [2.24, 2.45) is 0 Å². The number of para-hydroxylation sites is 1. The predicted octanol–water partition coefficient (Wildman–Crippen LogP) is 5.83. The van der Waals surface area contributed by atoms with E-state index >= 15 is 0 Å². The molecule has 33 heavy (non-hydrogen) atoms. The molecule has 1 aliphatic heterocycles. The molecule has 0 unspecified atom stereocenters. The first-order valence-corrected chi connectivity index (χ1v) is 11.2. The first kappa shape index (κ1) is 21.4. The number of hydrogen-bond acceptors (Lipinski definition) is 5. The SMILES string of the molecule is Cc1c(C(=O)Nc2ccccc2C(F)(F)F)sc2ncnc(N3CCc4ccccc4C3)c12. The van der Waals surface area contributed by atoms with Crippen LogP contribution in [-0.2, 0) is 19.1 Å². The second-order valence-electron chi connectivity index (χ2n) is 7.87. The van der Waals surface area contributed by atoms with Crippen LogP contribution >= 0.6 is 11.3 Å². The summed E-state index contributed by atoms with van der Waals surface area (Å²) in [6.45, 7) is 3.26. The maximum Gasteiger partial charge on any atom is 0.418 e. The molecule has 1 N–H and O–H groups in total. The molecular formula is C24H19F3N4OS. The molecular weight excluding hydrogens is 449 g/mol. The van der Waals surface area contributed by atoms with Crippen molar-refractivity contribution in [3.63, 3.8) is 0 Å². The summed E-state index contributed by atoms with van der Waals surface area (Å²) in [4.78, 5) is 25.0. The summed E-state index contributed by atoms with van der Waals surface area (Å²) in [6.07, 6.45) is -2.22. The Morgan fingerprint density at radius 3 is 2.58 bits per heavy atom. The third kappa shape index (κ3) is 3.93. The predicted molar refractivity (Wildman–Crippen MR) is 123 cm³/mol. The van der Waals surface area contributed by atoms with Gasteiger partial charge in [-0.15, -0.1) is 11.3 Å². The molecule has 4 aromatic rings. The number of carbonyl (C=O) groups excluding carboxylic acids is 1. The largest absolute Gasteiger partial charge is 0.418 e. The number of nitrogens with one attached hydrogen (secondary N) is 1. The van der Waals surface area contributed by atoms with Crippen LogP contribution in [0.2, 0.25) is 0 Å². The molecule has 0 spiro atoms. The lowest BCUT2D eigenvalue weighted by molar-refractivity contribution is -0.136. The second kappa shape index (κ2) is 8.15. The average Bonchev–Trinajstić information content (AvgIpc) is 3.15. The van der Waals surface area contributed by atoms with E-state index in [-0.39, 0.29) is 5.69 Å². The van der Waals surface area contributed by atoms with Crippen LogP contribution in [-0.4, -0.2) is 22.4 Å². The Kier molecular flexibility index (Phi) is 5.28. The zero-order valence-electron chi connectivity index (χ0n) is 17.6. The van der Waals surface area contributed by atoms with Crippen molar-refractivity contribution < 1.29 is 18.0 Å². The number of amides is 1. The maximum atomic E-state index is 13.3. The van der Waals surface area contributed by atoms with Crippen molar-refractivity contribution in [3.05, 3.63) is 82.0 Å². The summed E-state index contributed by atoms with van der Waals surface area (Å²) in [6, 6.07) is 13.2. The normalized spacial score (nSPS) is 13.8. The smallest absolute Gasteiger partial charge is 0.351 e. The van der Waals surface area contributed by atoms with Gasteiger partial charge in [0, 0.05) is 13.1 Å². The van der Waals surface area contributed by atoms with Gasteiger partial charge in [-0.05, 0) is 42.2 Å². The van der Waals surface area contributed by atoms with E-state index in [0.29, 0.717) is 21.8 Å². The molecule has 1 aliphatic rings. The van der Waals surface area contributed by atoms with Gasteiger partial charge in [0.25, 0.3) is 5.91 Å². The number of benzene rings is 2. The monoisotopic (exact) mass is 468 g/mol. The highest BCUT2D eigenvalue weighted by atomic mass is 32.1. The molecule has 0 radical (unpaired) electrons. The Bertz CT molecular complexity index is 1370. The van der Waals surface area contributed by atoms with Crippen molar-refractivity contribution in [2.75, 3.05) is 16.8 Å². The van der Waals surface area contributed by atoms with Crippen molar-refractivity contribution in [3.8, 4) is 0 Å². The molecule has 5 rings (SSSR count). The number of carbonyl (C=O) groups is 1. The standard InChI is InChI=1S/C24H19F3N4OS/c1-14-19-21(31-11-10-15-6-2-3-7-16(15)12-31)28-13-29-23(19)33-20(14)22(32)30-18-9-5-4-8-17(18)24(25,26)27/h2-9,13H,10-12H2,1H3,(H,30,32). The molecule has 1 amide bonds.